The smallest absolute Gasteiger partial charge is 0.305 e. The molecule has 5 amide bonds. The molecule has 2 bridgehead atoms. The third-order valence-corrected chi connectivity index (χ3v) is 9.52. The minimum atomic E-state index is -1.52. The number of nitrogens with zero attached hydrogens (tertiary/aromatic N) is 1. The molecule has 1 saturated heterocycles. The number of carboxylic acid groups (broad SMARTS) is 1. The van der Waals surface area contributed by atoms with Crippen molar-refractivity contribution in [3.63, 3.8) is 0 Å². The highest BCUT2D eigenvalue weighted by Crippen LogP contribution is 2.22. The standard InChI is InChI=1S/C29H42N6O7S2/c1-16(2)9-20-26(39)34-22(25(31)38)15-44-13-18-6-3-5-17(10-18)12-43-14-19(30)29(42)35-8-4-7-23(35)28(41)33-21(11-24(36)37)27(40)32-20/h3,5-6,10,16,19-23H,4,7-9,11-15,30H2,1-2H3,(H2,31,38)(H,32,40)(H,33,41)(H,34,39)(H,36,37)/t19-,20-,21?,22-,23-/m0/s1. The van der Waals surface area contributed by atoms with E-state index >= 15 is 0 Å². The number of hydrogen-bond acceptors (Lipinski definition) is 9. The molecule has 242 valence electrons. The number of carbonyl (C=O) groups is 6. The van der Waals surface area contributed by atoms with Crippen LogP contribution in [-0.2, 0) is 40.3 Å². The molecule has 2 heterocycles. The van der Waals surface area contributed by atoms with Gasteiger partial charge in [0.2, 0.25) is 29.5 Å². The molecule has 1 fully saturated rings. The maximum Gasteiger partial charge on any atom is 0.305 e. The normalized spacial score (nSPS) is 26.5. The Morgan fingerprint density at radius 2 is 1.59 bits per heavy atom. The highest BCUT2D eigenvalue weighted by atomic mass is 32.2. The van der Waals surface area contributed by atoms with Gasteiger partial charge in [-0.3, -0.25) is 28.8 Å². The van der Waals surface area contributed by atoms with E-state index in [0.717, 1.165) is 11.1 Å². The fraction of sp³-hybridized carbons (Fsp3) is 0.586. The van der Waals surface area contributed by atoms with Crippen LogP contribution in [0.4, 0.5) is 0 Å². The van der Waals surface area contributed by atoms with Crippen LogP contribution in [0.15, 0.2) is 24.3 Å². The van der Waals surface area contributed by atoms with Gasteiger partial charge in [-0.15, -0.1) is 0 Å². The van der Waals surface area contributed by atoms with E-state index in [-0.39, 0.29) is 24.0 Å². The lowest BCUT2D eigenvalue weighted by molar-refractivity contribution is -0.143. The van der Waals surface area contributed by atoms with Crippen LogP contribution in [0, 0.1) is 5.92 Å². The Bertz CT molecular complexity index is 1230. The summed E-state index contributed by atoms with van der Waals surface area (Å²) in [7, 11) is 0. The molecule has 0 spiro atoms. The summed E-state index contributed by atoms with van der Waals surface area (Å²) in [6.45, 7) is 3.98. The van der Waals surface area contributed by atoms with Crippen molar-refractivity contribution in [3.05, 3.63) is 35.4 Å². The molecular formula is C29H42N6O7S2. The van der Waals surface area contributed by atoms with Crippen LogP contribution >= 0.6 is 23.5 Å². The van der Waals surface area contributed by atoms with Gasteiger partial charge in [-0.05, 0) is 36.3 Å². The molecule has 0 aromatic heterocycles. The van der Waals surface area contributed by atoms with Crippen molar-refractivity contribution >= 4 is 59.0 Å². The number of carboxylic acids is 1. The van der Waals surface area contributed by atoms with Gasteiger partial charge >= 0.3 is 5.97 Å². The Morgan fingerprint density at radius 3 is 2.20 bits per heavy atom. The first kappa shape index (κ1) is 35.2. The Kier molecular flexibility index (Phi) is 13.3. The summed E-state index contributed by atoms with van der Waals surface area (Å²) in [5.41, 5.74) is 13.9. The molecule has 8 N–H and O–H groups in total. The lowest BCUT2D eigenvalue weighted by atomic mass is 10.0. The molecule has 13 nitrogen and oxygen atoms in total. The van der Waals surface area contributed by atoms with Gasteiger partial charge in [0, 0.05) is 29.6 Å². The van der Waals surface area contributed by atoms with Gasteiger partial charge in [-0.2, -0.15) is 23.5 Å². The molecule has 1 aromatic rings. The Balaban J connectivity index is 1.90. The van der Waals surface area contributed by atoms with Gasteiger partial charge in [-0.25, -0.2) is 0 Å². The molecule has 44 heavy (non-hydrogen) atoms. The number of rotatable bonds is 5. The SMILES string of the molecule is CC(C)C[C@@H]1NC(=O)C(CC(=O)O)NC(=O)[C@@H]2CCCN2C(=O)[C@@H](N)CSCc2cccc(c2)CSC[C@@H](C(N)=O)NC1=O. The predicted octanol–water partition coefficient (Wildman–Crippen LogP) is -0.0546. The Labute approximate surface area is 265 Å². The van der Waals surface area contributed by atoms with Crippen LogP contribution in [0.5, 0.6) is 0 Å². The van der Waals surface area contributed by atoms with Crippen molar-refractivity contribution < 1.29 is 33.9 Å². The van der Waals surface area contributed by atoms with Crippen LogP contribution < -0.4 is 27.4 Å². The number of amides is 5. The number of fused-ring (bicyclic) bond motifs is 3. The summed E-state index contributed by atoms with van der Waals surface area (Å²) in [6.07, 6.45) is 0.307. The third-order valence-electron chi connectivity index (χ3n) is 7.28. The molecule has 2 aliphatic rings. The van der Waals surface area contributed by atoms with E-state index in [0.29, 0.717) is 36.6 Å². The summed E-state index contributed by atoms with van der Waals surface area (Å²) in [5, 5.41) is 17.2. The molecular weight excluding hydrogens is 608 g/mol. The van der Waals surface area contributed by atoms with Crippen molar-refractivity contribution in [3.8, 4) is 0 Å². The third kappa shape index (κ3) is 10.4. The maximum atomic E-state index is 13.3. The lowest BCUT2D eigenvalue weighted by Gasteiger charge is -2.29. The second-order valence-electron chi connectivity index (χ2n) is 11.5. The summed E-state index contributed by atoms with van der Waals surface area (Å²) in [6, 6.07) is 2.44. The molecule has 15 heteroatoms. The van der Waals surface area contributed by atoms with E-state index in [1.165, 1.54) is 28.4 Å². The topological polar surface area (TPSA) is 214 Å². The van der Waals surface area contributed by atoms with Gasteiger partial charge in [0.15, 0.2) is 0 Å². The fourth-order valence-electron chi connectivity index (χ4n) is 5.09. The van der Waals surface area contributed by atoms with Crippen molar-refractivity contribution in [2.24, 2.45) is 17.4 Å². The summed E-state index contributed by atoms with van der Waals surface area (Å²) in [4.78, 5) is 78.4. The van der Waals surface area contributed by atoms with E-state index in [1.807, 2.05) is 38.1 Å². The second-order valence-corrected chi connectivity index (χ2v) is 13.5. The van der Waals surface area contributed by atoms with E-state index in [9.17, 15) is 33.9 Å². The van der Waals surface area contributed by atoms with Gasteiger partial charge in [0.1, 0.15) is 24.2 Å². The molecule has 1 aromatic carbocycles. The van der Waals surface area contributed by atoms with Crippen LogP contribution in [0.3, 0.4) is 0 Å². The minimum absolute atomic E-state index is 0.0637. The average Bonchev–Trinajstić information content (AvgIpc) is 3.45. The first-order valence-electron chi connectivity index (χ1n) is 14.6. The highest BCUT2D eigenvalue weighted by Gasteiger charge is 2.38. The number of carbonyl (C=O) groups excluding carboxylic acids is 5. The number of aliphatic carboxylic acids is 1. The molecule has 5 atom stereocenters. The Hall–Kier alpha value is -3.30. The molecule has 0 aliphatic carbocycles. The molecule has 0 radical (unpaired) electrons. The van der Waals surface area contributed by atoms with E-state index in [4.69, 9.17) is 11.5 Å². The van der Waals surface area contributed by atoms with E-state index < -0.39 is 66.2 Å². The van der Waals surface area contributed by atoms with Crippen LogP contribution in [0.1, 0.15) is 50.7 Å². The number of nitrogens with one attached hydrogen (secondary N) is 3. The monoisotopic (exact) mass is 650 g/mol. The molecule has 3 rings (SSSR count). The van der Waals surface area contributed by atoms with Crippen LogP contribution in [0.25, 0.3) is 0 Å². The maximum absolute atomic E-state index is 13.3. The van der Waals surface area contributed by atoms with Gasteiger partial charge < -0.3 is 37.4 Å². The predicted molar refractivity (Wildman–Crippen MR) is 168 cm³/mol. The van der Waals surface area contributed by atoms with Gasteiger partial charge in [0.25, 0.3) is 0 Å². The Morgan fingerprint density at radius 1 is 0.977 bits per heavy atom. The summed E-state index contributed by atoms with van der Waals surface area (Å²) in [5.74, 6) is -3.07. The number of primary amides is 1. The van der Waals surface area contributed by atoms with E-state index in [1.54, 1.807) is 0 Å². The molecule has 2 aliphatic heterocycles. The zero-order valence-corrected chi connectivity index (χ0v) is 26.6. The largest absolute Gasteiger partial charge is 0.481 e. The fourth-order valence-corrected chi connectivity index (χ4v) is 7.04. The summed E-state index contributed by atoms with van der Waals surface area (Å²) < 4.78 is 0. The lowest BCUT2D eigenvalue weighted by Crippen LogP contribution is -2.59. The van der Waals surface area contributed by atoms with Crippen molar-refractivity contribution in [2.45, 2.75) is 81.2 Å². The zero-order chi connectivity index (χ0) is 32.4. The van der Waals surface area contributed by atoms with Crippen molar-refractivity contribution in [2.75, 3.05) is 18.1 Å². The number of thioether (sulfide) groups is 2. The average molecular weight is 651 g/mol. The summed E-state index contributed by atoms with van der Waals surface area (Å²) >= 11 is 2.89. The number of benzene rings is 1. The second kappa shape index (κ2) is 16.7. The minimum Gasteiger partial charge on any atom is -0.481 e. The van der Waals surface area contributed by atoms with E-state index in [2.05, 4.69) is 16.0 Å². The number of nitrogens with two attached hydrogens (primary N) is 2. The van der Waals surface area contributed by atoms with Crippen molar-refractivity contribution in [1.82, 2.24) is 20.9 Å². The van der Waals surface area contributed by atoms with Crippen LogP contribution in [0.2, 0.25) is 0 Å². The van der Waals surface area contributed by atoms with Crippen molar-refractivity contribution in [1.29, 1.82) is 0 Å². The van der Waals surface area contributed by atoms with Gasteiger partial charge in [-0.1, -0.05) is 38.1 Å². The molecule has 1 unspecified atom stereocenters. The number of hydrogen-bond donors (Lipinski definition) is 6. The first-order valence-corrected chi connectivity index (χ1v) is 16.9. The zero-order valence-electron chi connectivity index (χ0n) is 25.0. The van der Waals surface area contributed by atoms with Gasteiger partial charge in [0.05, 0.1) is 12.5 Å². The highest BCUT2D eigenvalue weighted by molar-refractivity contribution is 7.98. The first-order chi connectivity index (χ1) is 20.8. The quantitative estimate of drug-likeness (QED) is 0.250. The van der Waals surface area contributed by atoms with Crippen LogP contribution in [-0.4, -0.2) is 93.8 Å². The molecule has 0 saturated carbocycles.